The van der Waals surface area contributed by atoms with Gasteiger partial charge in [0.15, 0.2) is 0 Å². The highest BCUT2D eigenvalue weighted by atomic mass is 16.5. The van der Waals surface area contributed by atoms with E-state index in [1.165, 1.54) is 0 Å². The van der Waals surface area contributed by atoms with E-state index in [0.29, 0.717) is 13.2 Å². The van der Waals surface area contributed by atoms with Crippen molar-refractivity contribution in [3.8, 4) is 11.5 Å². The molecular weight excluding hydrogens is 262 g/mol. The molecule has 0 radical (unpaired) electrons. The second-order valence-electron chi connectivity index (χ2n) is 4.86. The third-order valence-electron chi connectivity index (χ3n) is 3.31. The van der Waals surface area contributed by atoms with Crippen LogP contribution >= 0.6 is 0 Å². The van der Waals surface area contributed by atoms with Crippen LogP contribution in [0.5, 0.6) is 11.5 Å². The molecule has 112 valence electrons. The van der Waals surface area contributed by atoms with Gasteiger partial charge in [-0.05, 0) is 49.6 Å². The first-order valence-electron chi connectivity index (χ1n) is 7.43. The van der Waals surface area contributed by atoms with Crippen molar-refractivity contribution in [2.24, 2.45) is 5.73 Å². The van der Waals surface area contributed by atoms with Crippen molar-refractivity contribution in [1.82, 2.24) is 0 Å². The lowest BCUT2D eigenvalue weighted by atomic mass is 9.99. The predicted molar refractivity (Wildman–Crippen MR) is 85.9 cm³/mol. The van der Waals surface area contributed by atoms with Gasteiger partial charge >= 0.3 is 0 Å². The highest BCUT2D eigenvalue weighted by Gasteiger charge is 2.11. The summed E-state index contributed by atoms with van der Waals surface area (Å²) in [7, 11) is 0. The predicted octanol–water partition coefficient (Wildman–Crippen LogP) is 3.73. The third kappa shape index (κ3) is 4.23. The minimum atomic E-state index is -0.0768. The second-order valence-corrected chi connectivity index (χ2v) is 4.86. The highest BCUT2D eigenvalue weighted by molar-refractivity contribution is 5.36. The number of ether oxygens (including phenoxy) is 2. The van der Waals surface area contributed by atoms with Crippen LogP contribution in [0.2, 0.25) is 0 Å². The molecule has 0 saturated carbocycles. The zero-order valence-corrected chi connectivity index (χ0v) is 12.7. The van der Waals surface area contributed by atoms with Gasteiger partial charge in [0.05, 0.1) is 13.2 Å². The van der Waals surface area contributed by atoms with Crippen molar-refractivity contribution in [3.05, 3.63) is 59.7 Å². The molecule has 0 aliphatic heterocycles. The summed E-state index contributed by atoms with van der Waals surface area (Å²) in [6.45, 7) is 5.28. The molecule has 0 aromatic heterocycles. The molecule has 0 aliphatic rings. The van der Waals surface area contributed by atoms with Crippen molar-refractivity contribution >= 4 is 0 Å². The summed E-state index contributed by atoms with van der Waals surface area (Å²) in [5.74, 6) is 1.78. The van der Waals surface area contributed by atoms with Gasteiger partial charge in [-0.2, -0.15) is 0 Å². The Balaban J connectivity index is 2.14. The molecule has 1 unspecified atom stereocenters. The van der Waals surface area contributed by atoms with E-state index in [1.807, 2.05) is 56.3 Å². The molecule has 21 heavy (non-hydrogen) atoms. The zero-order valence-electron chi connectivity index (χ0n) is 12.7. The summed E-state index contributed by atoms with van der Waals surface area (Å²) < 4.78 is 11.2. The lowest BCUT2D eigenvalue weighted by Crippen LogP contribution is -2.14. The van der Waals surface area contributed by atoms with Crippen LogP contribution in [0.3, 0.4) is 0 Å². The van der Waals surface area contributed by atoms with Crippen LogP contribution in [0, 0.1) is 0 Å². The van der Waals surface area contributed by atoms with Crippen LogP contribution < -0.4 is 15.2 Å². The monoisotopic (exact) mass is 285 g/mol. The Labute approximate surface area is 126 Å². The molecule has 0 heterocycles. The fraction of sp³-hybridized carbons (Fsp3) is 0.333. The smallest absolute Gasteiger partial charge is 0.122 e. The van der Waals surface area contributed by atoms with E-state index in [9.17, 15) is 0 Å². The highest BCUT2D eigenvalue weighted by Crippen LogP contribution is 2.25. The fourth-order valence-electron chi connectivity index (χ4n) is 2.33. The maximum Gasteiger partial charge on any atom is 0.122 e. The summed E-state index contributed by atoms with van der Waals surface area (Å²) in [6, 6.07) is 16.0. The molecule has 0 aliphatic carbocycles. The van der Waals surface area contributed by atoms with Crippen LogP contribution in [0.25, 0.3) is 0 Å². The normalized spacial score (nSPS) is 12.0. The first-order valence-corrected chi connectivity index (χ1v) is 7.43. The standard InChI is InChI=1S/C18H23NO2/c1-3-20-16-10-7-9-14(12-16)17(19)13-15-8-5-6-11-18(15)21-4-2/h5-12,17H,3-4,13,19H2,1-2H3. The average Bonchev–Trinajstić information content (AvgIpc) is 2.50. The van der Waals surface area contributed by atoms with E-state index in [4.69, 9.17) is 15.2 Å². The van der Waals surface area contributed by atoms with E-state index in [2.05, 4.69) is 6.07 Å². The molecule has 0 bridgehead atoms. The molecule has 3 nitrogen and oxygen atoms in total. The van der Waals surface area contributed by atoms with Gasteiger partial charge in [0.2, 0.25) is 0 Å². The number of rotatable bonds is 7. The van der Waals surface area contributed by atoms with Gasteiger partial charge in [-0.15, -0.1) is 0 Å². The Morgan fingerprint density at radius 1 is 0.952 bits per heavy atom. The van der Waals surface area contributed by atoms with Crippen molar-refractivity contribution < 1.29 is 9.47 Å². The maximum absolute atomic E-state index is 6.35. The zero-order chi connectivity index (χ0) is 15.1. The third-order valence-corrected chi connectivity index (χ3v) is 3.31. The van der Waals surface area contributed by atoms with Crippen LogP contribution in [-0.4, -0.2) is 13.2 Å². The number of benzene rings is 2. The van der Waals surface area contributed by atoms with Gasteiger partial charge in [0.25, 0.3) is 0 Å². The summed E-state index contributed by atoms with van der Waals surface area (Å²) in [6.07, 6.45) is 0.742. The molecule has 2 N–H and O–H groups in total. The molecule has 3 heteroatoms. The molecular formula is C18H23NO2. The Kier molecular flexibility index (Phi) is 5.64. The Morgan fingerprint density at radius 3 is 2.48 bits per heavy atom. The van der Waals surface area contributed by atoms with E-state index >= 15 is 0 Å². The summed E-state index contributed by atoms with van der Waals surface area (Å²) in [5.41, 5.74) is 8.56. The Bertz CT molecular complexity index is 569. The fourth-order valence-corrected chi connectivity index (χ4v) is 2.33. The maximum atomic E-state index is 6.35. The molecule has 2 aromatic rings. The Morgan fingerprint density at radius 2 is 1.71 bits per heavy atom. The largest absolute Gasteiger partial charge is 0.494 e. The molecule has 2 aromatic carbocycles. The number of hydrogen-bond donors (Lipinski definition) is 1. The number of para-hydroxylation sites is 1. The summed E-state index contributed by atoms with van der Waals surface area (Å²) >= 11 is 0. The van der Waals surface area contributed by atoms with Gasteiger partial charge < -0.3 is 15.2 Å². The molecule has 0 saturated heterocycles. The lowest BCUT2D eigenvalue weighted by Gasteiger charge is -2.16. The van der Waals surface area contributed by atoms with Crippen LogP contribution in [0.15, 0.2) is 48.5 Å². The van der Waals surface area contributed by atoms with Gasteiger partial charge in [-0.3, -0.25) is 0 Å². The summed E-state index contributed by atoms with van der Waals surface area (Å²) in [5, 5.41) is 0. The van der Waals surface area contributed by atoms with Crippen LogP contribution in [0.4, 0.5) is 0 Å². The van der Waals surface area contributed by atoms with Gasteiger partial charge in [-0.1, -0.05) is 30.3 Å². The van der Waals surface area contributed by atoms with E-state index in [-0.39, 0.29) is 6.04 Å². The Hall–Kier alpha value is -2.00. The quantitative estimate of drug-likeness (QED) is 0.843. The molecule has 0 fully saturated rings. The first-order chi connectivity index (χ1) is 10.2. The topological polar surface area (TPSA) is 44.5 Å². The number of hydrogen-bond acceptors (Lipinski definition) is 3. The minimum absolute atomic E-state index is 0.0768. The second kappa shape index (κ2) is 7.70. The van der Waals surface area contributed by atoms with Crippen molar-refractivity contribution in [3.63, 3.8) is 0 Å². The van der Waals surface area contributed by atoms with Crippen molar-refractivity contribution in [2.75, 3.05) is 13.2 Å². The molecule has 2 rings (SSSR count). The van der Waals surface area contributed by atoms with Crippen molar-refractivity contribution in [2.45, 2.75) is 26.3 Å². The summed E-state index contributed by atoms with van der Waals surface area (Å²) in [4.78, 5) is 0. The molecule has 0 spiro atoms. The van der Waals surface area contributed by atoms with Gasteiger partial charge in [0, 0.05) is 6.04 Å². The first kappa shape index (κ1) is 15.4. The number of nitrogens with two attached hydrogens (primary N) is 1. The van der Waals surface area contributed by atoms with E-state index in [1.54, 1.807) is 0 Å². The average molecular weight is 285 g/mol. The molecule has 0 amide bonds. The lowest BCUT2D eigenvalue weighted by molar-refractivity contribution is 0.335. The van der Waals surface area contributed by atoms with E-state index < -0.39 is 0 Å². The van der Waals surface area contributed by atoms with Gasteiger partial charge in [0.1, 0.15) is 11.5 Å². The van der Waals surface area contributed by atoms with Crippen LogP contribution in [0.1, 0.15) is 31.0 Å². The van der Waals surface area contributed by atoms with E-state index in [0.717, 1.165) is 29.0 Å². The van der Waals surface area contributed by atoms with Crippen molar-refractivity contribution in [1.29, 1.82) is 0 Å². The SMILES string of the molecule is CCOc1cccc(C(N)Cc2ccccc2OCC)c1. The minimum Gasteiger partial charge on any atom is -0.494 e. The van der Waals surface area contributed by atoms with Gasteiger partial charge in [-0.25, -0.2) is 0 Å². The molecule has 1 atom stereocenters. The van der Waals surface area contributed by atoms with Crippen LogP contribution in [-0.2, 0) is 6.42 Å².